The van der Waals surface area contributed by atoms with Gasteiger partial charge in [0.2, 0.25) is 0 Å². The molecule has 0 saturated heterocycles. The molecule has 0 unspecified atom stereocenters. The van der Waals surface area contributed by atoms with E-state index in [-0.39, 0.29) is 12.8 Å². The van der Waals surface area contributed by atoms with Gasteiger partial charge < -0.3 is 4.74 Å². The number of hydrogen-bond acceptors (Lipinski definition) is 4. The van der Waals surface area contributed by atoms with E-state index in [4.69, 9.17) is 5.26 Å². The molecular formula is C12H9F5N2O2. The number of aromatic nitrogens is 1. The number of ether oxygens (including phenoxy) is 1. The highest BCUT2D eigenvalue weighted by molar-refractivity contribution is 5.73. The van der Waals surface area contributed by atoms with Crippen LogP contribution in [0.3, 0.4) is 0 Å². The molecule has 4 nitrogen and oxygen atoms in total. The first-order valence-corrected chi connectivity index (χ1v) is 5.65. The van der Waals surface area contributed by atoms with Gasteiger partial charge in [0.1, 0.15) is 6.07 Å². The van der Waals surface area contributed by atoms with Gasteiger partial charge in [0.15, 0.2) is 0 Å². The number of esters is 1. The van der Waals surface area contributed by atoms with Crippen LogP contribution >= 0.6 is 0 Å². The van der Waals surface area contributed by atoms with E-state index >= 15 is 0 Å². The summed E-state index contributed by atoms with van der Waals surface area (Å²) in [5.74, 6) is -0.921. The Morgan fingerprint density at radius 3 is 2.52 bits per heavy atom. The molecule has 21 heavy (non-hydrogen) atoms. The number of halogens is 5. The first-order chi connectivity index (χ1) is 9.72. The zero-order valence-corrected chi connectivity index (χ0v) is 10.7. The van der Waals surface area contributed by atoms with Gasteiger partial charge in [0, 0.05) is 6.20 Å². The minimum absolute atomic E-state index is 0.0193. The van der Waals surface area contributed by atoms with Crippen LogP contribution in [-0.4, -0.2) is 17.6 Å². The van der Waals surface area contributed by atoms with Gasteiger partial charge in [-0.3, -0.25) is 9.78 Å². The molecule has 1 heterocycles. The summed E-state index contributed by atoms with van der Waals surface area (Å²) in [5, 5.41) is 8.75. The van der Waals surface area contributed by atoms with Crippen LogP contribution in [0.4, 0.5) is 22.0 Å². The molecule has 0 radical (unpaired) electrons. The van der Waals surface area contributed by atoms with Gasteiger partial charge in [-0.15, -0.1) is 0 Å². The lowest BCUT2D eigenvalue weighted by Crippen LogP contribution is -2.16. The number of pyridine rings is 1. The SMILES string of the molecule is CCOC(=O)Cc1ncc(C(F)(F)F)c(C#N)c1C(F)F. The highest BCUT2D eigenvalue weighted by Crippen LogP contribution is 2.36. The standard InChI is InChI=1S/C12H9F5N2O2/c1-2-21-9(20)3-8-10(11(13)14)6(4-18)7(5-19-8)12(15,16)17/h5,11H,2-3H2,1H3. The first kappa shape index (κ1) is 16.8. The van der Waals surface area contributed by atoms with Crippen LogP contribution in [0.1, 0.15) is 35.7 Å². The maximum absolute atomic E-state index is 13.0. The van der Waals surface area contributed by atoms with Crippen LogP contribution in [0, 0.1) is 11.3 Å². The third-order valence-electron chi connectivity index (χ3n) is 2.45. The second-order valence-electron chi connectivity index (χ2n) is 3.80. The molecule has 0 bridgehead atoms. The molecule has 0 atom stereocenters. The minimum atomic E-state index is -5.00. The van der Waals surface area contributed by atoms with Crippen molar-refractivity contribution < 1.29 is 31.5 Å². The van der Waals surface area contributed by atoms with E-state index in [0.717, 1.165) is 6.07 Å². The molecule has 0 aliphatic rings. The number of nitriles is 1. The van der Waals surface area contributed by atoms with E-state index in [1.807, 2.05) is 0 Å². The smallest absolute Gasteiger partial charge is 0.419 e. The maximum Gasteiger partial charge on any atom is 0.419 e. The van der Waals surface area contributed by atoms with Crippen molar-refractivity contribution in [2.24, 2.45) is 0 Å². The Bertz CT molecular complexity index is 578. The predicted molar refractivity (Wildman–Crippen MR) is 59.2 cm³/mol. The summed E-state index contributed by atoms with van der Waals surface area (Å²) in [7, 11) is 0. The van der Waals surface area contributed by atoms with E-state index in [9.17, 15) is 26.7 Å². The van der Waals surface area contributed by atoms with Gasteiger partial charge in [-0.25, -0.2) is 8.78 Å². The van der Waals surface area contributed by atoms with Crippen LogP contribution in [0.2, 0.25) is 0 Å². The molecule has 1 aromatic heterocycles. The van der Waals surface area contributed by atoms with E-state index in [0.29, 0.717) is 0 Å². The average molecular weight is 308 g/mol. The van der Waals surface area contributed by atoms with Gasteiger partial charge in [-0.05, 0) is 6.92 Å². The van der Waals surface area contributed by atoms with Gasteiger partial charge in [0.05, 0.1) is 35.4 Å². The molecule has 0 fully saturated rings. The number of hydrogen-bond donors (Lipinski definition) is 0. The summed E-state index contributed by atoms with van der Waals surface area (Å²) < 4.78 is 68.5. The lowest BCUT2D eigenvalue weighted by Gasteiger charge is -2.14. The number of carbonyl (C=O) groups excluding carboxylic acids is 1. The molecule has 0 amide bonds. The lowest BCUT2D eigenvalue weighted by molar-refractivity contribution is -0.142. The van der Waals surface area contributed by atoms with Crippen molar-refractivity contribution in [1.82, 2.24) is 4.98 Å². The van der Waals surface area contributed by atoms with E-state index in [1.165, 1.54) is 6.92 Å². The lowest BCUT2D eigenvalue weighted by atomic mass is 10.0. The zero-order valence-electron chi connectivity index (χ0n) is 10.7. The summed E-state index contributed by atoms with van der Waals surface area (Å²) in [6.07, 6.45) is -8.84. The van der Waals surface area contributed by atoms with Crippen molar-refractivity contribution >= 4 is 5.97 Å². The first-order valence-electron chi connectivity index (χ1n) is 5.65. The molecule has 114 valence electrons. The highest BCUT2D eigenvalue weighted by atomic mass is 19.4. The fourth-order valence-corrected chi connectivity index (χ4v) is 1.63. The quantitative estimate of drug-likeness (QED) is 0.633. The van der Waals surface area contributed by atoms with Gasteiger partial charge in [-0.2, -0.15) is 18.4 Å². The molecule has 1 rings (SSSR count). The van der Waals surface area contributed by atoms with Crippen molar-refractivity contribution in [3.8, 4) is 6.07 Å². The summed E-state index contributed by atoms with van der Waals surface area (Å²) in [4.78, 5) is 14.5. The Morgan fingerprint density at radius 2 is 2.10 bits per heavy atom. The molecule has 1 aromatic rings. The molecular weight excluding hydrogens is 299 g/mol. The molecule has 0 N–H and O–H groups in total. The molecule has 0 aromatic carbocycles. The number of carbonyl (C=O) groups is 1. The second kappa shape index (κ2) is 6.47. The van der Waals surface area contributed by atoms with Crippen molar-refractivity contribution in [3.05, 3.63) is 28.6 Å². The molecule has 0 spiro atoms. The van der Waals surface area contributed by atoms with E-state index in [2.05, 4.69) is 9.72 Å². The maximum atomic E-state index is 13.0. The fraction of sp³-hybridized carbons (Fsp3) is 0.417. The topological polar surface area (TPSA) is 63.0 Å². The number of nitrogens with zero attached hydrogens (tertiary/aromatic N) is 2. The highest BCUT2D eigenvalue weighted by Gasteiger charge is 2.37. The fourth-order valence-electron chi connectivity index (χ4n) is 1.63. The summed E-state index contributed by atoms with van der Waals surface area (Å²) in [6.45, 7) is 1.46. The summed E-state index contributed by atoms with van der Waals surface area (Å²) in [6, 6.07) is 1.11. The van der Waals surface area contributed by atoms with Crippen molar-refractivity contribution in [2.75, 3.05) is 6.61 Å². The largest absolute Gasteiger partial charge is 0.466 e. The Morgan fingerprint density at radius 1 is 1.48 bits per heavy atom. The van der Waals surface area contributed by atoms with Gasteiger partial charge >= 0.3 is 12.1 Å². The molecule has 9 heteroatoms. The van der Waals surface area contributed by atoms with Gasteiger partial charge in [0.25, 0.3) is 6.43 Å². The van der Waals surface area contributed by atoms with Crippen LogP contribution in [0.15, 0.2) is 6.20 Å². The zero-order chi connectivity index (χ0) is 16.2. The molecule has 0 aliphatic carbocycles. The third kappa shape index (κ3) is 3.87. The monoisotopic (exact) mass is 308 g/mol. The number of alkyl halides is 5. The van der Waals surface area contributed by atoms with Crippen LogP contribution in [0.25, 0.3) is 0 Å². The van der Waals surface area contributed by atoms with E-state index in [1.54, 1.807) is 0 Å². The summed E-state index contributed by atoms with van der Waals surface area (Å²) in [5.41, 5.74) is -4.59. The second-order valence-corrected chi connectivity index (χ2v) is 3.80. The van der Waals surface area contributed by atoms with Crippen LogP contribution < -0.4 is 0 Å². The Kier molecular flexibility index (Phi) is 5.18. The minimum Gasteiger partial charge on any atom is -0.466 e. The molecule has 0 aliphatic heterocycles. The average Bonchev–Trinajstić information content (AvgIpc) is 2.36. The van der Waals surface area contributed by atoms with Crippen molar-refractivity contribution in [3.63, 3.8) is 0 Å². The number of rotatable bonds is 4. The third-order valence-corrected chi connectivity index (χ3v) is 2.45. The Balaban J connectivity index is 3.42. The Hall–Kier alpha value is -2.24. The van der Waals surface area contributed by atoms with Crippen LogP contribution in [-0.2, 0) is 22.1 Å². The van der Waals surface area contributed by atoms with E-state index < -0.39 is 47.4 Å². The van der Waals surface area contributed by atoms with Crippen molar-refractivity contribution in [1.29, 1.82) is 5.26 Å². The summed E-state index contributed by atoms with van der Waals surface area (Å²) >= 11 is 0. The normalized spacial score (nSPS) is 11.3. The molecule has 0 saturated carbocycles. The Labute approximate surface area is 116 Å². The van der Waals surface area contributed by atoms with Gasteiger partial charge in [-0.1, -0.05) is 0 Å². The predicted octanol–water partition coefficient (Wildman–Crippen LogP) is 3.02. The van der Waals surface area contributed by atoms with Crippen molar-refractivity contribution in [2.45, 2.75) is 25.9 Å². The van der Waals surface area contributed by atoms with Crippen LogP contribution in [0.5, 0.6) is 0 Å².